The molecule has 0 aliphatic heterocycles. The second kappa shape index (κ2) is 6.66. The molecule has 0 saturated carbocycles. The second-order valence-electron chi connectivity index (χ2n) is 6.47. The van der Waals surface area contributed by atoms with Crippen LogP contribution in [0.2, 0.25) is 0 Å². The first-order valence-electron chi connectivity index (χ1n) is 8.73. The molecule has 0 saturated heterocycles. The van der Waals surface area contributed by atoms with Gasteiger partial charge in [0.25, 0.3) is 0 Å². The van der Waals surface area contributed by atoms with Crippen LogP contribution in [-0.2, 0) is 16.3 Å². The summed E-state index contributed by atoms with van der Waals surface area (Å²) in [4.78, 5) is 0.0887. The van der Waals surface area contributed by atoms with Crippen LogP contribution in [-0.4, -0.2) is 24.3 Å². The Morgan fingerprint density at radius 3 is 2.64 bits per heavy atom. The molecular formula is C21H17N3O3S. The van der Waals surface area contributed by atoms with Crippen LogP contribution in [0.15, 0.2) is 64.1 Å². The molecular weight excluding hydrogens is 374 g/mol. The highest BCUT2D eigenvalue weighted by Gasteiger charge is 2.27. The van der Waals surface area contributed by atoms with E-state index in [9.17, 15) is 13.7 Å². The lowest BCUT2D eigenvalue weighted by Gasteiger charge is -2.15. The number of sulfone groups is 1. The first-order valence-corrected chi connectivity index (χ1v) is 10.6. The van der Waals surface area contributed by atoms with Gasteiger partial charge < -0.3 is 4.42 Å². The van der Waals surface area contributed by atoms with Gasteiger partial charge in [0, 0.05) is 17.5 Å². The SMILES string of the molecule is CCc1ccc2c(-c3cccc(C#N)c3)c(S(C)(=O)=O)c(-c3ccco3)nn12. The molecule has 0 bridgehead atoms. The number of benzene rings is 1. The maximum atomic E-state index is 12.9. The number of aryl methyl sites for hydroxylation is 1. The topological polar surface area (TPSA) is 88.4 Å². The predicted molar refractivity (Wildman–Crippen MR) is 106 cm³/mol. The highest BCUT2D eigenvalue weighted by Crippen LogP contribution is 2.38. The van der Waals surface area contributed by atoms with Gasteiger partial charge in [-0.25, -0.2) is 12.9 Å². The van der Waals surface area contributed by atoms with Gasteiger partial charge in [-0.15, -0.1) is 0 Å². The van der Waals surface area contributed by atoms with Gasteiger partial charge in [-0.05, 0) is 48.4 Å². The summed E-state index contributed by atoms with van der Waals surface area (Å²) in [5.74, 6) is 0.371. The third kappa shape index (κ3) is 2.88. The molecule has 4 aromatic rings. The summed E-state index contributed by atoms with van der Waals surface area (Å²) in [6.07, 6.45) is 3.38. The summed E-state index contributed by atoms with van der Waals surface area (Å²) in [7, 11) is -3.67. The maximum Gasteiger partial charge on any atom is 0.178 e. The van der Waals surface area contributed by atoms with Crippen molar-refractivity contribution in [2.45, 2.75) is 18.2 Å². The minimum Gasteiger partial charge on any atom is -0.463 e. The average molecular weight is 391 g/mol. The second-order valence-corrected chi connectivity index (χ2v) is 8.42. The summed E-state index contributed by atoms with van der Waals surface area (Å²) in [5, 5.41) is 13.9. The highest BCUT2D eigenvalue weighted by atomic mass is 32.2. The van der Waals surface area contributed by atoms with E-state index < -0.39 is 9.84 Å². The van der Waals surface area contributed by atoms with Crippen molar-refractivity contribution < 1.29 is 12.8 Å². The van der Waals surface area contributed by atoms with Gasteiger partial charge in [0.1, 0.15) is 10.6 Å². The van der Waals surface area contributed by atoms with Gasteiger partial charge in [0.2, 0.25) is 0 Å². The number of nitriles is 1. The molecule has 0 radical (unpaired) electrons. The van der Waals surface area contributed by atoms with E-state index in [-0.39, 0.29) is 10.6 Å². The molecule has 0 amide bonds. The van der Waals surface area contributed by atoms with Crippen molar-refractivity contribution >= 4 is 15.4 Å². The Hall–Kier alpha value is -3.37. The third-order valence-electron chi connectivity index (χ3n) is 4.60. The molecule has 0 spiro atoms. The lowest BCUT2D eigenvalue weighted by atomic mass is 10.0. The molecule has 0 aliphatic carbocycles. The Kier molecular flexibility index (Phi) is 4.28. The smallest absolute Gasteiger partial charge is 0.178 e. The van der Waals surface area contributed by atoms with Gasteiger partial charge in [-0.2, -0.15) is 10.4 Å². The molecule has 3 aromatic heterocycles. The molecule has 28 heavy (non-hydrogen) atoms. The van der Waals surface area contributed by atoms with Gasteiger partial charge >= 0.3 is 0 Å². The normalized spacial score (nSPS) is 11.6. The fourth-order valence-corrected chi connectivity index (χ4v) is 4.47. The summed E-state index contributed by atoms with van der Waals surface area (Å²) in [6, 6.07) is 16.2. The monoisotopic (exact) mass is 391 g/mol. The van der Waals surface area contributed by atoms with Crippen LogP contribution in [0, 0.1) is 11.3 Å². The number of furan rings is 1. The van der Waals surface area contributed by atoms with Crippen LogP contribution in [0.3, 0.4) is 0 Å². The van der Waals surface area contributed by atoms with Crippen molar-refractivity contribution in [2.75, 3.05) is 6.26 Å². The zero-order chi connectivity index (χ0) is 19.9. The van der Waals surface area contributed by atoms with Crippen LogP contribution in [0.25, 0.3) is 28.1 Å². The third-order valence-corrected chi connectivity index (χ3v) is 5.74. The Labute approximate surface area is 162 Å². The molecule has 6 nitrogen and oxygen atoms in total. The van der Waals surface area contributed by atoms with Crippen molar-refractivity contribution in [2.24, 2.45) is 0 Å². The number of aromatic nitrogens is 2. The standard InChI is InChI=1S/C21H17N3O3S/c1-3-16-9-10-17-19(15-7-4-6-14(12-15)13-22)21(28(2,25)26)20(23-24(16)17)18-8-5-11-27-18/h4-12H,3H2,1-2H3. The van der Waals surface area contributed by atoms with Crippen molar-refractivity contribution in [3.8, 4) is 28.7 Å². The minimum absolute atomic E-state index is 0.0887. The zero-order valence-corrected chi connectivity index (χ0v) is 16.2. The minimum atomic E-state index is -3.67. The molecule has 4 rings (SSSR count). The van der Waals surface area contributed by atoms with Gasteiger partial charge in [-0.3, -0.25) is 0 Å². The Bertz CT molecular complexity index is 1330. The average Bonchev–Trinajstić information content (AvgIpc) is 3.35. The van der Waals surface area contributed by atoms with Crippen molar-refractivity contribution in [1.29, 1.82) is 5.26 Å². The van der Waals surface area contributed by atoms with Gasteiger partial charge in [0.15, 0.2) is 15.6 Å². The summed E-state index contributed by atoms with van der Waals surface area (Å²) < 4.78 is 33.0. The van der Waals surface area contributed by atoms with E-state index in [4.69, 9.17) is 4.42 Å². The highest BCUT2D eigenvalue weighted by molar-refractivity contribution is 7.91. The first-order chi connectivity index (χ1) is 13.4. The fourth-order valence-electron chi connectivity index (χ4n) is 3.38. The quantitative estimate of drug-likeness (QED) is 0.523. The maximum absolute atomic E-state index is 12.9. The number of hydrogen-bond donors (Lipinski definition) is 0. The summed E-state index contributed by atoms with van der Waals surface area (Å²) >= 11 is 0. The van der Waals surface area contributed by atoms with Crippen LogP contribution in [0.4, 0.5) is 0 Å². The Balaban J connectivity index is 2.23. The number of hydrogen-bond acceptors (Lipinski definition) is 5. The molecule has 140 valence electrons. The van der Waals surface area contributed by atoms with Crippen LogP contribution < -0.4 is 0 Å². The molecule has 7 heteroatoms. The summed E-state index contributed by atoms with van der Waals surface area (Å²) in [5.41, 5.74) is 3.47. The van der Waals surface area contributed by atoms with E-state index in [0.717, 1.165) is 18.4 Å². The predicted octanol–water partition coefficient (Wildman–Crippen LogP) is 4.10. The van der Waals surface area contributed by atoms with Crippen molar-refractivity contribution in [3.63, 3.8) is 0 Å². The largest absolute Gasteiger partial charge is 0.463 e. The number of nitrogens with zero attached hydrogens (tertiary/aromatic N) is 3. The van der Waals surface area contributed by atoms with Crippen LogP contribution in [0.1, 0.15) is 18.2 Å². The first kappa shape index (κ1) is 18.0. The van der Waals surface area contributed by atoms with E-state index in [1.54, 1.807) is 40.9 Å². The van der Waals surface area contributed by atoms with E-state index in [0.29, 0.717) is 28.0 Å². The lowest BCUT2D eigenvalue weighted by Crippen LogP contribution is -2.09. The number of rotatable bonds is 4. The van der Waals surface area contributed by atoms with Gasteiger partial charge in [-0.1, -0.05) is 19.1 Å². The molecule has 0 aliphatic rings. The Morgan fingerprint density at radius 1 is 1.18 bits per heavy atom. The van der Waals surface area contributed by atoms with E-state index in [1.165, 1.54) is 6.26 Å². The molecule has 0 fully saturated rings. The van der Waals surface area contributed by atoms with Crippen LogP contribution >= 0.6 is 0 Å². The lowest BCUT2D eigenvalue weighted by molar-refractivity contribution is 0.573. The fraction of sp³-hybridized carbons (Fsp3) is 0.143. The van der Waals surface area contributed by atoms with E-state index in [1.807, 2.05) is 19.1 Å². The van der Waals surface area contributed by atoms with Crippen LogP contribution in [0.5, 0.6) is 0 Å². The zero-order valence-electron chi connectivity index (χ0n) is 15.4. The van der Waals surface area contributed by atoms with Crippen molar-refractivity contribution in [3.05, 3.63) is 66.1 Å². The molecule has 0 atom stereocenters. The Morgan fingerprint density at radius 2 is 2.00 bits per heavy atom. The molecule has 1 aromatic carbocycles. The number of fused-ring (bicyclic) bond motifs is 1. The van der Waals surface area contributed by atoms with E-state index >= 15 is 0 Å². The molecule has 0 unspecified atom stereocenters. The van der Waals surface area contributed by atoms with E-state index in [2.05, 4.69) is 11.2 Å². The van der Waals surface area contributed by atoms with Gasteiger partial charge in [0.05, 0.1) is 23.4 Å². The molecule has 0 N–H and O–H groups in total. The molecule has 3 heterocycles. The summed E-state index contributed by atoms with van der Waals surface area (Å²) in [6.45, 7) is 2.01. The van der Waals surface area contributed by atoms with Crippen molar-refractivity contribution in [1.82, 2.24) is 9.61 Å².